The molecule has 0 amide bonds. The number of thioether (sulfide) groups is 1. The maximum Gasteiger partial charge on any atom is 0.304 e. The van der Waals surface area contributed by atoms with Crippen LogP contribution >= 0.6 is 11.8 Å². The summed E-state index contributed by atoms with van der Waals surface area (Å²) in [6.45, 7) is 2.42. The minimum absolute atomic E-state index is 0.1000. The van der Waals surface area contributed by atoms with Crippen LogP contribution in [0.15, 0.2) is 35.7 Å². The summed E-state index contributed by atoms with van der Waals surface area (Å²) in [6.07, 6.45) is 5.16. The summed E-state index contributed by atoms with van der Waals surface area (Å²) in [6, 6.07) is 3.49. The Morgan fingerprint density at radius 1 is 1.50 bits per heavy atom. The van der Waals surface area contributed by atoms with Gasteiger partial charge in [-0.25, -0.2) is 4.98 Å². The average molecular weight is 264 g/mol. The predicted molar refractivity (Wildman–Crippen MR) is 68.6 cm³/mol. The Morgan fingerprint density at radius 3 is 3.00 bits per heavy atom. The van der Waals surface area contributed by atoms with E-state index in [0.29, 0.717) is 22.9 Å². The van der Waals surface area contributed by atoms with Gasteiger partial charge in [0.15, 0.2) is 5.03 Å². The summed E-state index contributed by atoms with van der Waals surface area (Å²) in [5.41, 5.74) is 0.736. The van der Waals surface area contributed by atoms with Crippen LogP contribution in [0.3, 0.4) is 0 Å². The maximum absolute atomic E-state index is 11.0. The van der Waals surface area contributed by atoms with Crippen molar-refractivity contribution in [3.05, 3.63) is 46.4 Å². The highest BCUT2D eigenvalue weighted by Crippen LogP contribution is 2.29. The van der Waals surface area contributed by atoms with E-state index in [1.54, 1.807) is 30.1 Å². The first-order chi connectivity index (χ1) is 8.68. The van der Waals surface area contributed by atoms with Crippen molar-refractivity contribution in [1.82, 2.24) is 14.8 Å². The van der Waals surface area contributed by atoms with E-state index in [1.807, 2.05) is 12.3 Å². The molecule has 0 spiro atoms. The van der Waals surface area contributed by atoms with E-state index in [4.69, 9.17) is 0 Å². The monoisotopic (exact) mass is 264 g/mol. The molecular formula is C11H12N4O2S. The normalized spacial score (nSPS) is 10.5. The van der Waals surface area contributed by atoms with Crippen LogP contribution in [0.4, 0.5) is 5.69 Å². The van der Waals surface area contributed by atoms with Crippen molar-refractivity contribution in [1.29, 1.82) is 0 Å². The highest BCUT2D eigenvalue weighted by Gasteiger charge is 2.18. The SMILES string of the molecule is Cc1ccnc(SCCn2cccn2)c1[N+](=O)[O-]. The summed E-state index contributed by atoms with van der Waals surface area (Å²) in [4.78, 5) is 14.7. The first kappa shape index (κ1) is 12.6. The zero-order chi connectivity index (χ0) is 13.0. The molecule has 0 fully saturated rings. The van der Waals surface area contributed by atoms with Crippen molar-refractivity contribution in [3.63, 3.8) is 0 Å². The number of rotatable bonds is 5. The molecule has 0 aromatic carbocycles. The zero-order valence-electron chi connectivity index (χ0n) is 9.81. The molecule has 0 radical (unpaired) electrons. The smallest absolute Gasteiger partial charge is 0.272 e. The Kier molecular flexibility index (Phi) is 3.93. The van der Waals surface area contributed by atoms with Gasteiger partial charge < -0.3 is 0 Å². The number of hydrogen-bond donors (Lipinski definition) is 0. The second kappa shape index (κ2) is 5.63. The quantitative estimate of drug-likeness (QED) is 0.470. The van der Waals surface area contributed by atoms with Crippen molar-refractivity contribution in [2.75, 3.05) is 5.75 Å². The van der Waals surface area contributed by atoms with Gasteiger partial charge in [0.25, 0.3) is 0 Å². The Bertz CT molecular complexity index is 542. The third kappa shape index (κ3) is 2.86. The van der Waals surface area contributed by atoms with E-state index in [0.717, 1.165) is 0 Å². The van der Waals surface area contributed by atoms with Crippen molar-refractivity contribution >= 4 is 17.4 Å². The molecule has 0 unspecified atom stereocenters. The molecular weight excluding hydrogens is 252 g/mol. The molecule has 94 valence electrons. The molecule has 0 aliphatic carbocycles. The second-order valence-corrected chi connectivity index (χ2v) is 4.74. The standard InChI is InChI=1S/C11H12N4O2S/c1-9-3-5-12-11(10(9)15(16)17)18-8-7-14-6-2-4-13-14/h2-6H,7-8H2,1H3. The molecule has 2 aromatic rings. The maximum atomic E-state index is 11.0. The van der Waals surface area contributed by atoms with Crippen LogP contribution in [0.2, 0.25) is 0 Å². The zero-order valence-corrected chi connectivity index (χ0v) is 10.6. The minimum atomic E-state index is -0.376. The van der Waals surface area contributed by atoms with Gasteiger partial charge in [0.1, 0.15) is 0 Å². The molecule has 0 saturated carbocycles. The van der Waals surface area contributed by atoms with Crippen molar-refractivity contribution in [3.8, 4) is 0 Å². The van der Waals surface area contributed by atoms with E-state index in [2.05, 4.69) is 10.1 Å². The number of nitro groups is 1. The molecule has 0 N–H and O–H groups in total. The lowest BCUT2D eigenvalue weighted by Gasteiger charge is -2.04. The second-order valence-electron chi connectivity index (χ2n) is 3.66. The number of nitrogens with zero attached hydrogens (tertiary/aromatic N) is 4. The lowest BCUT2D eigenvalue weighted by atomic mass is 10.3. The van der Waals surface area contributed by atoms with Gasteiger partial charge in [0.05, 0.1) is 11.5 Å². The first-order valence-corrected chi connectivity index (χ1v) is 6.37. The van der Waals surface area contributed by atoms with Gasteiger partial charge in [-0.3, -0.25) is 14.8 Å². The molecule has 2 aromatic heterocycles. The summed E-state index contributed by atoms with van der Waals surface area (Å²) in [5.74, 6) is 0.693. The Hall–Kier alpha value is -1.89. The van der Waals surface area contributed by atoms with Crippen LogP contribution in [0, 0.1) is 17.0 Å². The van der Waals surface area contributed by atoms with Crippen LogP contribution < -0.4 is 0 Å². The summed E-state index contributed by atoms with van der Waals surface area (Å²) in [7, 11) is 0. The fraction of sp³-hybridized carbons (Fsp3) is 0.273. The van der Waals surface area contributed by atoms with Gasteiger partial charge in [-0.15, -0.1) is 0 Å². The molecule has 18 heavy (non-hydrogen) atoms. The fourth-order valence-electron chi connectivity index (χ4n) is 1.52. The van der Waals surface area contributed by atoms with E-state index >= 15 is 0 Å². The predicted octanol–water partition coefficient (Wildman–Crippen LogP) is 2.29. The lowest BCUT2D eigenvalue weighted by Crippen LogP contribution is -2.02. The lowest BCUT2D eigenvalue weighted by molar-refractivity contribution is -0.388. The van der Waals surface area contributed by atoms with Crippen LogP contribution in [0.25, 0.3) is 0 Å². The number of aryl methyl sites for hydroxylation is 2. The van der Waals surface area contributed by atoms with Crippen molar-refractivity contribution in [2.24, 2.45) is 0 Å². The largest absolute Gasteiger partial charge is 0.304 e. The highest BCUT2D eigenvalue weighted by molar-refractivity contribution is 7.99. The number of aromatic nitrogens is 3. The Labute approximate surface area is 108 Å². The van der Waals surface area contributed by atoms with Crippen LogP contribution in [0.5, 0.6) is 0 Å². The molecule has 0 aliphatic heterocycles. The first-order valence-electron chi connectivity index (χ1n) is 5.38. The van der Waals surface area contributed by atoms with E-state index in [1.165, 1.54) is 11.8 Å². The van der Waals surface area contributed by atoms with Crippen molar-refractivity contribution in [2.45, 2.75) is 18.5 Å². The van der Waals surface area contributed by atoms with Crippen molar-refractivity contribution < 1.29 is 4.92 Å². The van der Waals surface area contributed by atoms with Gasteiger partial charge >= 0.3 is 5.69 Å². The third-order valence-electron chi connectivity index (χ3n) is 2.39. The molecule has 7 heteroatoms. The van der Waals surface area contributed by atoms with Crippen LogP contribution in [0.1, 0.15) is 5.56 Å². The molecule has 0 bridgehead atoms. The van der Waals surface area contributed by atoms with Crippen LogP contribution in [-0.2, 0) is 6.54 Å². The average Bonchev–Trinajstić information content (AvgIpc) is 2.81. The van der Waals surface area contributed by atoms with Gasteiger partial charge in [-0.2, -0.15) is 5.10 Å². The Morgan fingerprint density at radius 2 is 2.33 bits per heavy atom. The van der Waals surface area contributed by atoms with Gasteiger partial charge in [-0.05, 0) is 19.1 Å². The highest BCUT2D eigenvalue weighted by atomic mass is 32.2. The van der Waals surface area contributed by atoms with E-state index in [9.17, 15) is 10.1 Å². The molecule has 6 nitrogen and oxygen atoms in total. The molecule has 0 aliphatic rings. The van der Waals surface area contributed by atoms with Gasteiger partial charge in [0.2, 0.25) is 0 Å². The number of pyridine rings is 1. The summed E-state index contributed by atoms with van der Waals surface area (Å²) in [5, 5.41) is 15.5. The number of hydrogen-bond acceptors (Lipinski definition) is 5. The molecule has 2 rings (SSSR count). The molecule has 0 atom stereocenters. The summed E-state index contributed by atoms with van der Waals surface area (Å²) >= 11 is 1.37. The van der Waals surface area contributed by atoms with Crippen LogP contribution in [-0.4, -0.2) is 25.4 Å². The minimum Gasteiger partial charge on any atom is -0.272 e. The van der Waals surface area contributed by atoms with E-state index < -0.39 is 0 Å². The summed E-state index contributed by atoms with van der Waals surface area (Å²) < 4.78 is 1.79. The van der Waals surface area contributed by atoms with E-state index in [-0.39, 0.29) is 10.6 Å². The van der Waals surface area contributed by atoms with Gasteiger partial charge in [-0.1, -0.05) is 11.8 Å². The van der Waals surface area contributed by atoms with Gasteiger partial charge in [0, 0.05) is 29.9 Å². The Balaban J connectivity index is 2.05. The molecule has 2 heterocycles. The molecule has 0 saturated heterocycles. The fourth-order valence-corrected chi connectivity index (χ4v) is 2.50. The third-order valence-corrected chi connectivity index (χ3v) is 3.35. The topological polar surface area (TPSA) is 73.8 Å².